The Bertz CT molecular complexity index is 516. The number of fused-ring (bicyclic) bond motifs is 1. The van der Waals surface area contributed by atoms with Crippen LogP contribution in [0.5, 0.6) is 5.75 Å². The third kappa shape index (κ3) is 2.76. The van der Waals surface area contributed by atoms with Crippen molar-refractivity contribution < 1.29 is 4.74 Å². The number of pyridine rings is 1. The first-order valence-electron chi connectivity index (χ1n) is 6.71. The summed E-state index contributed by atoms with van der Waals surface area (Å²) in [7, 11) is 0. The predicted octanol–water partition coefficient (Wildman–Crippen LogP) is 2.74. The van der Waals surface area contributed by atoms with Crippen molar-refractivity contribution in [1.82, 2.24) is 10.3 Å². The van der Waals surface area contributed by atoms with Crippen LogP contribution < -0.4 is 10.1 Å². The van der Waals surface area contributed by atoms with Crippen molar-refractivity contribution in [3.05, 3.63) is 59.9 Å². The first-order chi connectivity index (χ1) is 9.33. The van der Waals surface area contributed by atoms with Crippen molar-refractivity contribution in [2.45, 2.75) is 25.5 Å². The molecule has 3 heteroatoms. The number of hydrogen-bond donors (Lipinski definition) is 1. The third-order valence-electron chi connectivity index (χ3n) is 3.55. The van der Waals surface area contributed by atoms with E-state index in [0.29, 0.717) is 6.04 Å². The molecule has 2 aromatic rings. The molecule has 0 fully saturated rings. The van der Waals surface area contributed by atoms with Gasteiger partial charge in [0.2, 0.25) is 0 Å². The largest absolute Gasteiger partial charge is 0.488 e. The predicted molar refractivity (Wildman–Crippen MR) is 75.2 cm³/mol. The van der Waals surface area contributed by atoms with Crippen LogP contribution in [0.3, 0.4) is 0 Å². The number of rotatable bonds is 4. The summed E-state index contributed by atoms with van der Waals surface area (Å²) in [4.78, 5) is 4.15. The first-order valence-corrected chi connectivity index (χ1v) is 6.71. The van der Waals surface area contributed by atoms with E-state index in [0.717, 1.165) is 18.7 Å². The van der Waals surface area contributed by atoms with Gasteiger partial charge in [-0.05, 0) is 30.2 Å². The number of para-hydroxylation sites is 1. The first kappa shape index (κ1) is 12.2. The molecule has 98 valence electrons. The topological polar surface area (TPSA) is 34.1 Å². The van der Waals surface area contributed by atoms with Gasteiger partial charge in [-0.15, -0.1) is 0 Å². The van der Waals surface area contributed by atoms with E-state index in [4.69, 9.17) is 4.74 Å². The number of benzene rings is 1. The summed E-state index contributed by atoms with van der Waals surface area (Å²) in [5, 5.41) is 3.51. The molecule has 0 spiro atoms. The zero-order valence-electron chi connectivity index (χ0n) is 11.0. The van der Waals surface area contributed by atoms with Crippen molar-refractivity contribution in [2.75, 3.05) is 6.54 Å². The lowest BCUT2D eigenvalue weighted by Crippen LogP contribution is -2.31. The van der Waals surface area contributed by atoms with Crippen LogP contribution in [0, 0.1) is 0 Å². The summed E-state index contributed by atoms with van der Waals surface area (Å²) in [5.74, 6) is 1.03. The van der Waals surface area contributed by atoms with E-state index in [-0.39, 0.29) is 6.10 Å². The fourth-order valence-electron chi connectivity index (χ4n) is 2.43. The SMILES string of the molecule is C[C@@H](NCC1Cc2ccccc2O1)c1cccnc1. The molecule has 1 aliphatic rings. The Kier molecular flexibility index (Phi) is 3.47. The minimum absolute atomic E-state index is 0.233. The highest BCUT2D eigenvalue weighted by Crippen LogP contribution is 2.28. The van der Waals surface area contributed by atoms with Crippen LogP contribution in [0.25, 0.3) is 0 Å². The molecule has 1 unspecified atom stereocenters. The van der Waals surface area contributed by atoms with Gasteiger partial charge in [-0.25, -0.2) is 0 Å². The fourth-order valence-corrected chi connectivity index (χ4v) is 2.43. The molecule has 0 saturated heterocycles. The lowest BCUT2D eigenvalue weighted by atomic mass is 10.1. The Hall–Kier alpha value is -1.87. The molecule has 1 N–H and O–H groups in total. The van der Waals surface area contributed by atoms with E-state index in [1.54, 1.807) is 6.20 Å². The molecular formula is C16H18N2O. The number of hydrogen-bond acceptors (Lipinski definition) is 3. The van der Waals surface area contributed by atoms with Crippen molar-refractivity contribution in [2.24, 2.45) is 0 Å². The van der Waals surface area contributed by atoms with Gasteiger partial charge in [0.1, 0.15) is 11.9 Å². The zero-order chi connectivity index (χ0) is 13.1. The smallest absolute Gasteiger partial charge is 0.123 e. The van der Waals surface area contributed by atoms with E-state index >= 15 is 0 Å². The Morgan fingerprint density at radius 1 is 1.32 bits per heavy atom. The second-order valence-electron chi connectivity index (χ2n) is 4.97. The van der Waals surface area contributed by atoms with Gasteiger partial charge in [0.15, 0.2) is 0 Å². The molecule has 0 amide bonds. The average Bonchev–Trinajstić information content (AvgIpc) is 2.88. The van der Waals surface area contributed by atoms with Gasteiger partial charge in [-0.3, -0.25) is 4.98 Å². The monoisotopic (exact) mass is 254 g/mol. The maximum Gasteiger partial charge on any atom is 0.123 e. The van der Waals surface area contributed by atoms with Crippen molar-refractivity contribution in [3.63, 3.8) is 0 Å². The van der Waals surface area contributed by atoms with E-state index in [2.05, 4.69) is 35.4 Å². The Morgan fingerprint density at radius 3 is 3.00 bits per heavy atom. The second kappa shape index (κ2) is 5.41. The van der Waals surface area contributed by atoms with Gasteiger partial charge in [0.05, 0.1) is 0 Å². The minimum Gasteiger partial charge on any atom is -0.488 e. The summed E-state index contributed by atoms with van der Waals surface area (Å²) >= 11 is 0. The number of nitrogens with one attached hydrogen (secondary N) is 1. The zero-order valence-corrected chi connectivity index (χ0v) is 11.0. The maximum absolute atomic E-state index is 5.92. The van der Waals surface area contributed by atoms with Gasteiger partial charge in [0.25, 0.3) is 0 Å². The summed E-state index contributed by atoms with van der Waals surface area (Å²) < 4.78 is 5.92. The molecule has 2 heterocycles. The van der Waals surface area contributed by atoms with Crippen molar-refractivity contribution >= 4 is 0 Å². The summed E-state index contributed by atoms with van der Waals surface area (Å²) in [6, 6.07) is 12.6. The Labute approximate surface area is 113 Å². The quantitative estimate of drug-likeness (QED) is 0.911. The van der Waals surface area contributed by atoms with Crippen LogP contribution >= 0.6 is 0 Å². The fraction of sp³-hybridized carbons (Fsp3) is 0.312. The highest BCUT2D eigenvalue weighted by molar-refractivity contribution is 5.37. The van der Waals surface area contributed by atoms with E-state index in [9.17, 15) is 0 Å². The standard InChI is InChI=1S/C16H18N2O/c1-12(14-6-4-8-17-10-14)18-11-15-9-13-5-2-3-7-16(13)19-15/h2-8,10,12,15,18H,9,11H2,1H3/t12-,15?/m1/s1. The molecule has 1 aliphatic heterocycles. The molecule has 2 atom stereocenters. The highest BCUT2D eigenvalue weighted by atomic mass is 16.5. The minimum atomic E-state index is 0.233. The maximum atomic E-state index is 5.92. The van der Waals surface area contributed by atoms with Crippen LogP contribution in [-0.4, -0.2) is 17.6 Å². The highest BCUT2D eigenvalue weighted by Gasteiger charge is 2.22. The van der Waals surface area contributed by atoms with Crippen LogP contribution in [0.1, 0.15) is 24.1 Å². The molecule has 3 rings (SSSR count). The van der Waals surface area contributed by atoms with Gasteiger partial charge >= 0.3 is 0 Å². The molecule has 3 nitrogen and oxygen atoms in total. The molecular weight excluding hydrogens is 236 g/mol. The normalized spacial score (nSPS) is 18.7. The number of ether oxygens (including phenoxy) is 1. The Balaban J connectivity index is 1.55. The van der Waals surface area contributed by atoms with Gasteiger partial charge in [-0.1, -0.05) is 24.3 Å². The lowest BCUT2D eigenvalue weighted by Gasteiger charge is -2.17. The second-order valence-corrected chi connectivity index (χ2v) is 4.97. The third-order valence-corrected chi connectivity index (χ3v) is 3.55. The molecule has 0 bridgehead atoms. The van der Waals surface area contributed by atoms with Crippen molar-refractivity contribution in [1.29, 1.82) is 0 Å². The molecule has 1 aromatic carbocycles. The average molecular weight is 254 g/mol. The van der Waals surface area contributed by atoms with Gasteiger partial charge < -0.3 is 10.1 Å². The summed E-state index contributed by atoms with van der Waals surface area (Å²) in [6.07, 6.45) is 4.93. The summed E-state index contributed by atoms with van der Waals surface area (Å²) in [5.41, 5.74) is 2.52. The van der Waals surface area contributed by atoms with E-state index in [1.165, 1.54) is 11.1 Å². The number of nitrogens with zero attached hydrogens (tertiary/aromatic N) is 1. The number of aromatic nitrogens is 1. The summed E-state index contributed by atoms with van der Waals surface area (Å²) in [6.45, 7) is 3.00. The molecule has 1 aromatic heterocycles. The molecule has 0 radical (unpaired) electrons. The molecule has 19 heavy (non-hydrogen) atoms. The van der Waals surface area contributed by atoms with E-state index < -0.39 is 0 Å². The molecule has 0 aliphatic carbocycles. The van der Waals surface area contributed by atoms with Crippen molar-refractivity contribution in [3.8, 4) is 5.75 Å². The lowest BCUT2D eigenvalue weighted by molar-refractivity contribution is 0.222. The van der Waals surface area contributed by atoms with Crippen LogP contribution in [0.2, 0.25) is 0 Å². The Morgan fingerprint density at radius 2 is 2.21 bits per heavy atom. The van der Waals surface area contributed by atoms with E-state index in [1.807, 2.05) is 24.4 Å². The molecule has 0 saturated carbocycles. The van der Waals surface area contributed by atoms with Crippen LogP contribution in [0.15, 0.2) is 48.8 Å². The van der Waals surface area contributed by atoms with Crippen LogP contribution in [0.4, 0.5) is 0 Å². The van der Waals surface area contributed by atoms with Crippen LogP contribution in [-0.2, 0) is 6.42 Å². The van der Waals surface area contributed by atoms with Gasteiger partial charge in [0, 0.05) is 31.4 Å². The van der Waals surface area contributed by atoms with Gasteiger partial charge in [-0.2, -0.15) is 0 Å².